The van der Waals surface area contributed by atoms with Crippen LogP contribution in [0.1, 0.15) is 24.4 Å². The second-order valence-corrected chi connectivity index (χ2v) is 7.95. The first-order chi connectivity index (χ1) is 14.3. The van der Waals surface area contributed by atoms with Crippen molar-refractivity contribution >= 4 is 50.2 Å². The van der Waals surface area contributed by atoms with Gasteiger partial charge >= 0.3 is 0 Å². The molecular weight excluding hydrogens is 376 g/mol. The quantitative estimate of drug-likeness (QED) is 0.315. The lowest BCUT2D eigenvalue weighted by Crippen LogP contribution is -2.27. The molecule has 3 nitrogen and oxygen atoms in total. The van der Waals surface area contributed by atoms with Crippen LogP contribution < -0.4 is 4.90 Å². The standard InChI is InChI=1S/C25H26N2OS/c1-3-27(17-18-28-4-2)21-13-9-19(10-14-21)11-16-24-26-25-22-8-6-5-7-20(22)12-15-23(25)29-24/h5-16H,3-4,17-18H2,1-2H3. The molecule has 0 bridgehead atoms. The SMILES string of the molecule is CCOCCN(CC)c1ccc(C=Cc2nc3c(ccc4ccccc43)s2)cc1. The average molecular weight is 403 g/mol. The number of hydrogen-bond donors (Lipinski definition) is 0. The molecule has 4 heteroatoms. The number of rotatable bonds is 8. The first-order valence-electron chi connectivity index (χ1n) is 10.2. The van der Waals surface area contributed by atoms with Gasteiger partial charge in [0.05, 0.1) is 16.8 Å². The van der Waals surface area contributed by atoms with Gasteiger partial charge in [-0.1, -0.05) is 48.5 Å². The van der Waals surface area contributed by atoms with Crippen LogP contribution in [0.4, 0.5) is 5.69 Å². The fraction of sp³-hybridized carbons (Fsp3) is 0.240. The van der Waals surface area contributed by atoms with Crippen LogP contribution in [-0.4, -0.2) is 31.3 Å². The third kappa shape index (κ3) is 4.50. The predicted octanol–water partition coefficient (Wildman–Crippen LogP) is 6.48. The van der Waals surface area contributed by atoms with Crippen molar-refractivity contribution in [2.45, 2.75) is 13.8 Å². The number of thiazole rings is 1. The maximum absolute atomic E-state index is 5.49. The minimum atomic E-state index is 0.762. The van der Waals surface area contributed by atoms with Crippen molar-refractivity contribution in [3.05, 3.63) is 71.2 Å². The van der Waals surface area contributed by atoms with E-state index in [9.17, 15) is 0 Å². The lowest BCUT2D eigenvalue weighted by atomic mass is 10.1. The lowest BCUT2D eigenvalue weighted by molar-refractivity contribution is 0.154. The summed E-state index contributed by atoms with van der Waals surface area (Å²) in [4.78, 5) is 7.20. The third-order valence-electron chi connectivity index (χ3n) is 5.07. The van der Waals surface area contributed by atoms with Crippen molar-refractivity contribution in [3.63, 3.8) is 0 Å². The number of nitrogens with zero attached hydrogens (tertiary/aromatic N) is 2. The number of aromatic nitrogens is 1. The molecule has 1 aromatic heterocycles. The predicted molar refractivity (Wildman–Crippen MR) is 127 cm³/mol. The summed E-state index contributed by atoms with van der Waals surface area (Å²) in [6.07, 6.45) is 4.25. The van der Waals surface area contributed by atoms with Gasteiger partial charge in [0.2, 0.25) is 0 Å². The van der Waals surface area contributed by atoms with Gasteiger partial charge in [0.25, 0.3) is 0 Å². The van der Waals surface area contributed by atoms with Gasteiger partial charge in [-0.2, -0.15) is 0 Å². The van der Waals surface area contributed by atoms with Crippen molar-refractivity contribution in [2.75, 3.05) is 31.2 Å². The van der Waals surface area contributed by atoms with Crippen molar-refractivity contribution in [1.29, 1.82) is 0 Å². The van der Waals surface area contributed by atoms with Crippen LogP contribution in [0.3, 0.4) is 0 Å². The molecule has 1 heterocycles. The summed E-state index contributed by atoms with van der Waals surface area (Å²) in [6.45, 7) is 7.63. The third-order valence-corrected chi connectivity index (χ3v) is 6.05. The van der Waals surface area contributed by atoms with E-state index in [0.717, 1.165) is 36.8 Å². The Bertz CT molecular complexity index is 1110. The van der Waals surface area contributed by atoms with E-state index in [1.807, 2.05) is 6.92 Å². The number of anilines is 1. The monoisotopic (exact) mass is 402 g/mol. The first-order valence-corrected chi connectivity index (χ1v) is 11.0. The fourth-order valence-corrected chi connectivity index (χ4v) is 4.39. The van der Waals surface area contributed by atoms with Gasteiger partial charge in [-0.25, -0.2) is 4.98 Å². The van der Waals surface area contributed by atoms with Crippen LogP contribution >= 0.6 is 11.3 Å². The Labute approximate surface area is 176 Å². The van der Waals surface area contributed by atoms with Crippen molar-refractivity contribution < 1.29 is 4.74 Å². The highest BCUT2D eigenvalue weighted by atomic mass is 32.1. The summed E-state index contributed by atoms with van der Waals surface area (Å²) in [5.74, 6) is 0. The zero-order valence-corrected chi connectivity index (χ0v) is 17.8. The Balaban J connectivity index is 1.51. The van der Waals surface area contributed by atoms with Gasteiger partial charge in [0.15, 0.2) is 0 Å². The Morgan fingerprint density at radius 1 is 0.966 bits per heavy atom. The fourth-order valence-electron chi connectivity index (χ4n) is 3.50. The molecule has 3 aromatic carbocycles. The molecule has 0 aliphatic carbocycles. The van der Waals surface area contributed by atoms with E-state index in [0.29, 0.717) is 0 Å². The summed E-state index contributed by atoms with van der Waals surface area (Å²) in [5.41, 5.74) is 3.51. The molecule has 0 radical (unpaired) electrons. The molecule has 0 amide bonds. The summed E-state index contributed by atoms with van der Waals surface area (Å²) in [5, 5.41) is 3.49. The van der Waals surface area contributed by atoms with Crippen LogP contribution in [0, 0.1) is 0 Å². The van der Waals surface area contributed by atoms with Crippen LogP contribution in [-0.2, 0) is 4.74 Å². The summed E-state index contributed by atoms with van der Waals surface area (Å²) >= 11 is 1.73. The molecule has 0 N–H and O–H groups in total. The molecular formula is C25H26N2OS. The smallest absolute Gasteiger partial charge is 0.117 e. The minimum Gasteiger partial charge on any atom is -0.380 e. The maximum Gasteiger partial charge on any atom is 0.117 e. The number of benzene rings is 3. The first kappa shape index (κ1) is 19.6. The zero-order chi connectivity index (χ0) is 20.1. The highest BCUT2D eigenvalue weighted by Crippen LogP contribution is 2.30. The average Bonchev–Trinajstić information content (AvgIpc) is 3.20. The van der Waals surface area contributed by atoms with E-state index >= 15 is 0 Å². The van der Waals surface area contributed by atoms with E-state index in [2.05, 4.69) is 84.6 Å². The van der Waals surface area contributed by atoms with Crippen molar-refractivity contribution in [2.24, 2.45) is 0 Å². The molecule has 0 atom stereocenters. The number of fused-ring (bicyclic) bond motifs is 3. The molecule has 0 saturated heterocycles. The second kappa shape index (κ2) is 9.21. The van der Waals surface area contributed by atoms with Crippen LogP contribution in [0.5, 0.6) is 0 Å². The lowest BCUT2D eigenvalue weighted by Gasteiger charge is -2.23. The Kier molecular flexibility index (Phi) is 6.23. The van der Waals surface area contributed by atoms with Crippen LogP contribution in [0.25, 0.3) is 33.1 Å². The molecule has 148 valence electrons. The van der Waals surface area contributed by atoms with E-state index < -0.39 is 0 Å². The minimum absolute atomic E-state index is 0.762. The van der Waals surface area contributed by atoms with E-state index in [-0.39, 0.29) is 0 Å². The van der Waals surface area contributed by atoms with E-state index in [1.54, 1.807) is 11.3 Å². The maximum atomic E-state index is 5.49. The molecule has 0 fully saturated rings. The number of likely N-dealkylation sites (N-methyl/N-ethyl adjacent to an activating group) is 1. The van der Waals surface area contributed by atoms with Crippen molar-refractivity contribution in [1.82, 2.24) is 4.98 Å². The second-order valence-electron chi connectivity index (χ2n) is 6.89. The van der Waals surface area contributed by atoms with E-state index in [1.165, 1.54) is 26.7 Å². The largest absolute Gasteiger partial charge is 0.380 e. The molecule has 0 aliphatic rings. The molecule has 4 rings (SSSR count). The van der Waals surface area contributed by atoms with Crippen LogP contribution in [0.15, 0.2) is 60.7 Å². The van der Waals surface area contributed by atoms with Gasteiger partial charge in [-0.05, 0) is 49.1 Å². The molecule has 0 spiro atoms. The molecule has 0 aliphatic heterocycles. The normalized spacial score (nSPS) is 11.7. The van der Waals surface area contributed by atoms with Gasteiger partial charge < -0.3 is 9.64 Å². The zero-order valence-electron chi connectivity index (χ0n) is 17.0. The Morgan fingerprint density at radius 3 is 2.59 bits per heavy atom. The van der Waals surface area contributed by atoms with Crippen molar-refractivity contribution in [3.8, 4) is 0 Å². The topological polar surface area (TPSA) is 25.4 Å². The highest BCUT2D eigenvalue weighted by Gasteiger charge is 2.06. The molecule has 0 unspecified atom stereocenters. The van der Waals surface area contributed by atoms with E-state index in [4.69, 9.17) is 9.72 Å². The summed E-state index contributed by atoms with van der Waals surface area (Å²) in [7, 11) is 0. The molecule has 29 heavy (non-hydrogen) atoms. The van der Waals surface area contributed by atoms with Gasteiger partial charge in [0, 0.05) is 30.8 Å². The molecule has 0 saturated carbocycles. The number of ether oxygens (including phenoxy) is 1. The van der Waals surface area contributed by atoms with Gasteiger partial charge in [0.1, 0.15) is 5.01 Å². The number of hydrogen-bond acceptors (Lipinski definition) is 4. The highest BCUT2D eigenvalue weighted by molar-refractivity contribution is 7.19. The Morgan fingerprint density at radius 2 is 1.79 bits per heavy atom. The van der Waals surface area contributed by atoms with Crippen LogP contribution in [0.2, 0.25) is 0 Å². The summed E-state index contributed by atoms with van der Waals surface area (Å²) < 4.78 is 6.72. The summed E-state index contributed by atoms with van der Waals surface area (Å²) in [6, 6.07) is 21.5. The molecule has 4 aromatic rings. The Hall–Kier alpha value is -2.69. The van der Waals surface area contributed by atoms with Gasteiger partial charge in [-0.15, -0.1) is 11.3 Å². The van der Waals surface area contributed by atoms with Gasteiger partial charge in [-0.3, -0.25) is 0 Å².